The lowest BCUT2D eigenvalue weighted by Gasteiger charge is -2.45. The average molecular weight is 289 g/mol. The van der Waals surface area contributed by atoms with Gasteiger partial charge < -0.3 is 4.90 Å². The van der Waals surface area contributed by atoms with E-state index in [1.54, 1.807) is 0 Å². The molecule has 0 N–H and O–H groups in total. The van der Waals surface area contributed by atoms with Gasteiger partial charge in [-0.05, 0) is 37.2 Å². The zero-order chi connectivity index (χ0) is 13.9. The molecule has 1 aromatic rings. The lowest BCUT2D eigenvalue weighted by atomic mass is 9.78. The maximum Gasteiger partial charge on any atom is 0.240 e. The first kappa shape index (κ1) is 14.0. The molecule has 2 aliphatic rings. The summed E-state index contributed by atoms with van der Waals surface area (Å²) >= 11 is 4.59. The van der Waals surface area contributed by atoms with Gasteiger partial charge in [0.25, 0.3) is 0 Å². The van der Waals surface area contributed by atoms with Crippen LogP contribution in [0.2, 0.25) is 0 Å². The summed E-state index contributed by atoms with van der Waals surface area (Å²) in [7, 11) is 0. The summed E-state index contributed by atoms with van der Waals surface area (Å²) in [6.07, 6.45) is 7.56. The van der Waals surface area contributed by atoms with Crippen LogP contribution in [0.3, 0.4) is 0 Å². The van der Waals surface area contributed by atoms with Crippen molar-refractivity contribution in [2.75, 3.05) is 6.54 Å². The molecule has 1 aliphatic heterocycles. The van der Waals surface area contributed by atoms with E-state index in [9.17, 15) is 4.79 Å². The van der Waals surface area contributed by atoms with Gasteiger partial charge in [-0.15, -0.1) is 0 Å². The fourth-order valence-corrected chi connectivity index (χ4v) is 4.15. The Labute approximate surface area is 127 Å². The van der Waals surface area contributed by atoms with Crippen molar-refractivity contribution in [3.8, 4) is 0 Å². The Hall–Kier alpha value is -0.960. The van der Waals surface area contributed by atoms with Gasteiger partial charge in [0.2, 0.25) is 5.91 Å². The summed E-state index contributed by atoms with van der Waals surface area (Å²) in [5, 5.41) is -0.308. The summed E-state index contributed by atoms with van der Waals surface area (Å²) in [6, 6.07) is 10.4. The van der Waals surface area contributed by atoms with E-state index >= 15 is 0 Å². The van der Waals surface area contributed by atoms with E-state index in [2.05, 4.69) is 17.5 Å². The van der Waals surface area contributed by atoms with Gasteiger partial charge in [-0.1, -0.05) is 43.2 Å². The molecular formula is C17H23NOS. The van der Waals surface area contributed by atoms with E-state index in [0.29, 0.717) is 6.04 Å². The first-order valence-electron chi connectivity index (χ1n) is 7.81. The number of rotatable bonds is 2. The molecule has 0 bridgehead atoms. The maximum absolute atomic E-state index is 12.8. The van der Waals surface area contributed by atoms with Gasteiger partial charge in [-0.25, -0.2) is 0 Å². The highest BCUT2D eigenvalue weighted by molar-refractivity contribution is 7.81. The Morgan fingerprint density at radius 1 is 1.10 bits per heavy atom. The number of thiol groups is 1. The second-order valence-corrected chi connectivity index (χ2v) is 6.62. The molecule has 1 amide bonds. The van der Waals surface area contributed by atoms with E-state index in [4.69, 9.17) is 0 Å². The van der Waals surface area contributed by atoms with Crippen molar-refractivity contribution >= 4 is 18.5 Å². The Morgan fingerprint density at radius 3 is 2.60 bits per heavy atom. The van der Waals surface area contributed by atoms with Gasteiger partial charge in [0.05, 0.1) is 0 Å². The summed E-state index contributed by atoms with van der Waals surface area (Å²) in [5.74, 6) is 0.939. The highest BCUT2D eigenvalue weighted by Crippen LogP contribution is 2.37. The quantitative estimate of drug-likeness (QED) is 0.820. The molecule has 3 atom stereocenters. The number of likely N-dealkylation sites (tertiary alicyclic amines) is 1. The van der Waals surface area contributed by atoms with Crippen molar-refractivity contribution in [2.24, 2.45) is 5.92 Å². The molecule has 0 radical (unpaired) electrons. The number of carbonyl (C=O) groups excluding carboxylic acids is 1. The van der Waals surface area contributed by atoms with Gasteiger partial charge in [0.1, 0.15) is 5.25 Å². The van der Waals surface area contributed by atoms with Gasteiger partial charge in [0.15, 0.2) is 0 Å². The molecular weight excluding hydrogens is 266 g/mol. The number of fused-ring (bicyclic) bond motifs is 1. The van der Waals surface area contributed by atoms with E-state index in [-0.39, 0.29) is 11.2 Å². The number of amides is 1. The predicted molar refractivity (Wildman–Crippen MR) is 84.9 cm³/mol. The number of benzene rings is 1. The third kappa shape index (κ3) is 2.73. The molecule has 1 heterocycles. The number of hydrogen-bond acceptors (Lipinski definition) is 2. The lowest BCUT2D eigenvalue weighted by molar-refractivity contribution is -0.137. The van der Waals surface area contributed by atoms with Crippen LogP contribution in [0.4, 0.5) is 0 Å². The zero-order valence-corrected chi connectivity index (χ0v) is 12.8. The summed E-state index contributed by atoms with van der Waals surface area (Å²) in [6.45, 7) is 0.921. The molecule has 1 aromatic carbocycles. The largest absolute Gasteiger partial charge is 0.338 e. The first-order valence-corrected chi connectivity index (χ1v) is 8.32. The molecule has 3 rings (SSSR count). The van der Waals surface area contributed by atoms with Crippen molar-refractivity contribution in [1.29, 1.82) is 0 Å². The van der Waals surface area contributed by atoms with Crippen LogP contribution in [-0.2, 0) is 4.79 Å². The lowest BCUT2D eigenvalue weighted by Crippen LogP contribution is -2.50. The van der Waals surface area contributed by atoms with Crippen LogP contribution in [-0.4, -0.2) is 23.4 Å². The smallest absolute Gasteiger partial charge is 0.240 e. The highest BCUT2D eigenvalue weighted by Gasteiger charge is 2.37. The molecule has 108 valence electrons. The standard InChI is InChI=1S/C17H23NOS/c19-17(16(20)14-8-2-1-3-9-14)18-12-6-10-13-7-4-5-11-15(13)18/h1-3,8-9,13,15-16,20H,4-7,10-12H2. The fraction of sp³-hybridized carbons (Fsp3) is 0.588. The average Bonchev–Trinajstić information content (AvgIpc) is 2.54. The minimum absolute atomic E-state index is 0.205. The SMILES string of the molecule is O=C(C(S)c1ccccc1)N1CCCC2CCCCC21. The Bertz CT molecular complexity index is 459. The molecule has 1 saturated carbocycles. The molecule has 0 spiro atoms. The maximum atomic E-state index is 12.8. The zero-order valence-electron chi connectivity index (χ0n) is 11.9. The first-order chi connectivity index (χ1) is 9.77. The Balaban J connectivity index is 1.75. The molecule has 1 saturated heterocycles. The van der Waals surface area contributed by atoms with Gasteiger partial charge in [0, 0.05) is 12.6 Å². The minimum atomic E-state index is -0.308. The predicted octanol–water partition coefficient (Wildman–Crippen LogP) is 3.84. The second kappa shape index (κ2) is 6.21. The Morgan fingerprint density at radius 2 is 1.80 bits per heavy atom. The summed E-state index contributed by atoms with van der Waals surface area (Å²) < 4.78 is 0. The minimum Gasteiger partial charge on any atom is -0.338 e. The summed E-state index contributed by atoms with van der Waals surface area (Å²) in [4.78, 5) is 14.9. The topological polar surface area (TPSA) is 20.3 Å². The third-order valence-corrected chi connectivity index (χ3v) is 5.39. The third-order valence-electron chi connectivity index (χ3n) is 4.88. The molecule has 2 fully saturated rings. The fourth-order valence-electron chi connectivity index (χ4n) is 3.83. The van der Waals surface area contributed by atoms with E-state index < -0.39 is 0 Å². The van der Waals surface area contributed by atoms with Crippen molar-refractivity contribution < 1.29 is 4.79 Å². The van der Waals surface area contributed by atoms with Gasteiger partial charge in [-0.3, -0.25) is 4.79 Å². The number of carbonyl (C=O) groups is 1. The normalized spacial score (nSPS) is 27.8. The van der Waals surface area contributed by atoms with Crippen LogP contribution in [0.5, 0.6) is 0 Å². The van der Waals surface area contributed by atoms with Crippen molar-refractivity contribution in [3.05, 3.63) is 35.9 Å². The monoisotopic (exact) mass is 289 g/mol. The molecule has 0 aromatic heterocycles. The van der Waals surface area contributed by atoms with Gasteiger partial charge >= 0.3 is 0 Å². The van der Waals surface area contributed by atoms with Crippen molar-refractivity contribution in [1.82, 2.24) is 4.90 Å². The van der Waals surface area contributed by atoms with Crippen molar-refractivity contribution in [2.45, 2.75) is 49.8 Å². The van der Waals surface area contributed by atoms with E-state index in [1.807, 2.05) is 30.3 Å². The van der Waals surface area contributed by atoms with Crippen molar-refractivity contribution in [3.63, 3.8) is 0 Å². The van der Waals surface area contributed by atoms with E-state index in [0.717, 1.165) is 24.4 Å². The van der Waals surface area contributed by atoms with Crippen LogP contribution < -0.4 is 0 Å². The van der Waals surface area contributed by atoms with Crippen LogP contribution in [0, 0.1) is 5.92 Å². The highest BCUT2D eigenvalue weighted by atomic mass is 32.1. The second-order valence-electron chi connectivity index (χ2n) is 6.10. The Kier molecular flexibility index (Phi) is 4.35. The molecule has 3 unspecified atom stereocenters. The molecule has 3 heteroatoms. The summed E-state index contributed by atoms with van der Waals surface area (Å²) in [5.41, 5.74) is 1.01. The number of nitrogens with zero attached hydrogens (tertiary/aromatic N) is 1. The molecule has 1 aliphatic carbocycles. The van der Waals surface area contributed by atoms with Gasteiger partial charge in [-0.2, -0.15) is 12.6 Å². The van der Waals surface area contributed by atoms with Crippen LogP contribution in [0.15, 0.2) is 30.3 Å². The van der Waals surface area contributed by atoms with Crippen LogP contribution >= 0.6 is 12.6 Å². The molecule has 20 heavy (non-hydrogen) atoms. The number of hydrogen-bond donors (Lipinski definition) is 1. The van der Waals surface area contributed by atoms with Crippen LogP contribution in [0.25, 0.3) is 0 Å². The molecule has 2 nitrogen and oxygen atoms in total. The number of piperidine rings is 1. The van der Waals surface area contributed by atoms with Crippen LogP contribution in [0.1, 0.15) is 49.3 Å². The van der Waals surface area contributed by atoms with E-state index in [1.165, 1.54) is 32.1 Å².